The van der Waals surface area contributed by atoms with Crippen LogP contribution in [0.2, 0.25) is 0 Å². The van der Waals surface area contributed by atoms with Gasteiger partial charge in [0.05, 0.1) is 13.3 Å². The van der Waals surface area contributed by atoms with E-state index in [2.05, 4.69) is 24.2 Å². The lowest BCUT2D eigenvalue weighted by Gasteiger charge is -2.12. The van der Waals surface area contributed by atoms with Gasteiger partial charge in [0.15, 0.2) is 0 Å². The number of hydrogen-bond acceptors (Lipinski definition) is 3. The molecule has 0 aliphatic carbocycles. The number of rotatable bonds is 6. The van der Waals surface area contributed by atoms with Crippen molar-refractivity contribution in [1.82, 2.24) is 10.2 Å². The summed E-state index contributed by atoms with van der Waals surface area (Å²) < 4.78 is 5.20. The number of likely N-dealkylation sites (N-methyl/N-ethyl adjacent to an activating group) is 1. The minimum Gasteiger partial charge on any atom is -0.365 e. The fourth-order valence-corrected chi connectivity index (χ4v) is 0.553. The highest BCUT2D eigenvalue weighted by atomic mass is 16.5. The van der Waals surface area contributed by atoms with Gasteiger partial charge in [0.25, 0.3) is 0 Å². The standard InChI is InChI=1S/C7H18N2O/c1-4-9(3)5-6-10-7-8-2/h8H,4-7H2,1-3H3. The highest BCUT2D eigenvalue weighted by molar-refractivity contribution is 4.43. The first-order valence-corrected chi connectivity index (χ1v) is 3.72. The van der Waals surface area contributed by atoms with E-state index >= 15 is 0 Å². The lowest BCUT2D eigenvalue weighted by molar-refractivity contribution is 0.103. The molecule has 0 saturated carbocycles. The van der Waals surface area contributed by atoms with Gasteiger partial charge in [-0.15, -0.1) is 0 Å². The fourth-order valence-electron chi connectivity index (χ4n) is 0.553. The maximum Gasteiger partial charge on any atom is 0.0963 e. The molecule has 0 atom stereocenters. The molecule has 0 aliphatic rings. The van der Waals surface area contributed by atoms with Crippen LogP contribution in [0.1, 0.15) is 6.92 Å². The van der Waals surface area contributed by atoms with Crippen molar-refractivity contribution in [2.45, 2.75) is 6.92 Å². The first-order chi connectivity index (χ1) is 4.81. The highest BCUT2D eigenvalue weighted by Crippen LogP contribution is 1.80. The molecule has 0 aromatic rings. The Hall–Kier alpha value is -0.120. The van der Waals surface area contributed by atoms with Crippen LogP contribution in [0.3, 0.4) is 0 Å². The number of hydrogen-bond donors (Lipinski definition) is 1. The molecular formula is C7H18N2O. The van der Waals surface area contributed by atoms with E-state index in [0.29, 0.717) is 6.73 Å². The van der Waals surface area contributed by atoms with Crippen LogP contribution in [0.25, 0.3) is 0 Å². The quantitative estimate of drug-likeness (QED) is 0.426. The summed E-state index contributed by atoms with van der Waals surface area (Å²) in [5.74, 6) is 0. The first-order valence-electron chi connectivity index (χ1n) is 3.72. The van der Waals surface area contributed by atoms with E-state index in [1.807, 2.05) is 7.05 Å². The zero-order chi connectivity index (χ0) is 7.82. The Kier molecular flexibility index (Phi) is 6.91. The monoisotopic (exact) mass is 146 g/mol. The van der Waals surface area contributed by atoms with Gasteiger partial charge in [-0.1, -0.05) is 6.92 Å². The molecule has 0 aromatic carbocycles. The third kappa shape index (κ3) is 6.01. The molecule has 0 amide bonds. The summed E-state index contributed by atoms with van der Waals surface area (Å²) >= 11 is 0. The molecule has 3 nitrogen and oxygen atoms in total. The van der Waals surface area contributed by atoms with Gasteiger partial charge in [0.2, 0.25) is 0 Å². The molecule has 3 heteroatoms. The van der Waals surface area contributed by atoms with Crippen LogP contribution in [0.4, 0.5) is 0 Å². The molecule has 0 aromatic heterocycles. The molecular weight excluding hydrogens is 128 g/mol. The van der Waals surface area contributed by atoms with Crippen molar-refractivity contribution in [2.75, 3.05) is 40.5 Å². The van der Waals surface area contributed by atoms with Gasteiger partial charge < -0.3 is 9.64 Å². The number of nitrogens with zero attached hydrogens (tertiary/aromatic N) is 1. The van der Waals surface area contributed by atoms with Crippen LogP contribution < -0.4 is 5.32 Å². The third-order valence-electron chi connectivity index (χ3n) is 1.40. The van der Waals surface area contributed by atoms with E-state index in [0.717, 1.165) is 19.7 Å². The van der Waals surface area contributed by atoms with E-state index in [4.69, 9.17) is 4.74 Å². The predicted octanol–water partition coefficient (Wildman–Crippen LogP) is 0.132. The van der Waals surface area contributed by atoms with Gasteiger partial charge in [-0.25, -0.2) is 0 Å². The number of ether oxygens (including phenoxy) is 1. The predicted molar refractivity (Wildman–Crippen MR) is 43.0 cm³/mol. The molecule has 62 valence electrons. The van der Waals surface area contributed by atoms with Crippen molar-refractivity contribution < 1.29 is 4.74 Å². The van der Waals surface area contributed by atoms with E-state index in [-0.39, 0.29) is 0 Å². The third-order valence-corrected chi connectivity index (χ3v) is 1.40. The highest BCUT2D eigenvalue weighted by Gasteiger charge is 1.91. The lowest BCUT2D eigenvalue weighted by atomic mass is 10.5. The Labute approximate surface area is 63.4 Å². The fraction of sp³-hybridized carbons (Fsp3) is 1.00. The number of nitrogens with one attached hydrogen (secondary N) is 1. The van der Waals surface area contributed by atoms with Crippen LogP contribution in [0.15, 0.2) is 0 Å². The molecule has 0 saturated heterocycles. The summed E-state index contributed by atoms with van der Waals surface area (Å²) in [6, 6.07) is 0. The summed E-state index contributed by atoms with van der Waals surface area (Å²) in [6.07, 6.45) is 0. The van der Waals surface area contributed by atoms with Crippen molar-refractivity contribution in [3.05, 3.63) is 0 Å². The maximum absolute atomic E-state index is 5.20. The molecule has 0 aliphatic heterocycles. The Balaban J connectivity index is 2.89. The average Bonchev–Trinajstić information content (AvgIpc) is 1.98. The topological polar surface area (TPSA) is 24.5 Å². The van der Waals surface area contributed by atoms with Gasteiger partial charge in [-0.2, -0.15) is 0 Å². The van der Waals surface area contributed by atoms with Crippen molar-refractivity contribution in [2.24, 2.45) is 0 Å². The summed E-state index contributed by atoms with van der Waals surface area (Å²) in [5, 5.41) is 2.92. The largest absolute Gasteiger partial charge is 0.365 e. The zero-order valence-corrected chi connectivity index (χ0v) is 7.18. The minimum absolute atomic E-state index is 0.650. The summed E-state index contributed by atoms with van der Waals surface area (Å²) in [7, 11) is 3.96. The maximum atomic E-state index is 5.20. The van der Waals surface area contributed by atoms with Crippen molar-refractivity contribution in [3.63, 3.8) is 0 Å². The van der Waals surface area contributed by atoms with E-state index in [1.165, 1.54) is 0 Å². The van der Waals surface area contributed by atoms with Crippen LogP contribution >= 0.6 is 0 Å². The average molecular weight is 146 g/mol. The van der Waals surface area contributed by atoms with E-state index in [1.54, 1.807) is 0 Å². The SMILES string of the molecule is CCN(C)CCOCNC. The molecule has 0 spiro atoms. The second-order valence-corrected chi connectivity index (χ2v) is 2.30. The Bertz CT molecular complexity index is 68.6. The molecule has 0 heterocycles. The zero-order valence-electron chi connectivity index (χ0n) is 7.18. The van der Waals surface area contributed by atoms with E-state index in [9.17, 15) is 0 Å². The van der Waals surface area contributed by atoms with Gasteiger partial charge in [0, 0.05) is 6.54 Å². The van der Waals surface area contributed by atoms with Crippen LogP contribution in [-0.2, 0) is 4.74 Å². The molecule has 0 fully saturated rings. The normalized spacial score (nSPS) is 10.8. The second-order valence-electron chi connectivity index (χ2n) is 2.30. The Morgan fingerprint density at radius 1 is 1.50 bits per heavy atom. The smallest absolute Gasteiger partial charge is 0.0963 e. The molecule has 0 radical (unpaired) electrons. The van der Waals surface area contributed by atoms with Crippen molar-refractivity contribution >= 4 is 0 Å². The molecule has 10 heavy (non-hydrogen) atoms. The van der Waals surface area contributed by atoms with Gasteiger partial charge in [-0.3, -0.25) is 5.32 Å². The van der Waals surface area contributed by atoms with E-state index < -0.39 is 0 Å². The Morgan fingerprint density at radius 3 is 2.70 bits per heavy atom. The minimum atomic E-state index is 0.650. The van der Waals surface area contributed by atoms with Gasteiger partial charge in [-0.05, 0) is 20.6 Å². The lowest BCUT2D eigenvalue weighted by Crippen LogP contribution is -2.24. The van der Waals surface area contributed by atoms with Crippen LogP contribution in [-0.4, -0.2) is 45.4 Å². The first kappa shape index (κ1) is 9.88. The summed E-state index contributed by atoms with van der Waals surface area (Å²) in [5.41, 5.74) is 0. The van der Waals surface area contributed by atoms with Gasteiger partial charge in [0.1, 0.15) is 0 Å². The molecule has 0 unspecified atom stereocenters. The van der Waals surface area contributed by atoms with Crippen molar-refractivity contribution in [3.8, 4) is 0 Å². The van der Waals surface area contributed by atoms with Crippen LogP contribution in [0.5, 0.6) is 0 Å². The Morgan fingerprint density at radius 2 is 2.20 bits per heavy atom. The van der Waals surface area contributed by atoms with Crippen molar-refractivity contribution in [1.29, 1.82) is 0 Å². The molecule has 0 bridgehead atoms. The summed E-state index contributed by atoms with van der Waals surface area (Å²) in [6.45, 7) is 5.70. The molecule has 1 N–H and O–H groups in total. The summed E-state index contributed by atoms with van der Waals surface area (Å²) in [4.78, 5) is 2.22. The molecule has 0 rings (SSSR count). The van der Waals surface area contributed by atoms with Gasteiger partial charge >= 0.3 is 0 Å². The van der Waals surface area contributed by atoms with Crippen LogP contribution in [0, 0.1) is 0 Å². The second kappa shape index (κ2) is 6.99.